The fourth-order valence-electron chi connectivity index (χ4n) is 0.761. The van der Waals surface area contributed by atoms with Crippen molar-refractivity contribution in [2.24, 2.45) is 5.73 Å². The van der Waals surface area contributed by atoms with Gasteiger partial charge in [0.1, 0.15) is 12.4 Å². The molecule has 1 aromatic carbocycles. The standard InChI is InChI=1S/C8H9ClINO/c9-6-1-2-8(7(10)5-6)12-4-3-11/h1-2,5H,3-4,11H2. The van der Waals surface area contributed by atoms with Crippen LogP contribution in [-0.2, 0) is 0 Å². The third-order valence-corrected chi connectivity index (χ3v) is 2.35. The summed E-state index contributed by atoms with van der Waals surface area (Å²) < 4.78 is 6.36. The highest BCUT2D eigenvalue weighted by Gasteiger charge is 1.99. The molecule has 66 valence electrons. The molecule has 0 heterocycles. The number of rotatable bonds is 3. The van der Waals surface area contributed by atoms with Crippen LogP contribution >= 0.6 is 34.2 Å². The lowest BCUT2D eigenvalue weighted by molar-refractivity contribution is 0.326. The predicted molar refractivity (Wildman–Crippen MR) is 58.7 cm³/mol. The summed E-state index contributed by atoms with van der Waals surface area (Å²) in [5.41, 5.74) is 5.30. The first-order valence-corrected chi connectivity index (χ1v) is 4.97. The second kappa shape index (κ2) is 4.89. The SMILES string of the molecule is NCCOc1ccc(Cl)cc1I. The minimum Gasteiger partial charge on any atom is -0.491 e. The van der Waals surface area contributed by atoms with E-state index in [1.165, 1.54) is 0 Å². The third kappa shape index (κ3) is 2.80. The van der Waals surface area contributed by atoms with E-state index in [2.05, 4.69) is 22.6 Å². The summed E-state index contributed by atoms with van der Waals surface area (Å²) in [4.78, 5) is 0. The Hall–Kier alpha value is -0.000000000000000111. The van der Waals surface area contributed by atoms with Crippen molar-refractivity contribution in [1.29, 1.82) is 0 Å². The molecule has 4 heteroatoms. The second-order valence-electron chi connectivity index (χ2n) is 2.21. The van der Waals surface area contributed by atoms with Crippen LogP contribution in [0.2, 0.25) is 5.02 Å². The molecule has 2 N–H and O–H groups in total. The normalized spacial score (nSPS) is 9.92. The highest BCUT2D eigenvalue weighted by atomic mass is 127. The molecule has 0 spiro atoms. The van der Waals surface area contributed by atoms with Crippen molar-refractivity contribution in [3.63, 3.8) is 0 Å². The Balaban J connectivity index is 2.72. The lowest BCUT2D eigenvalue weighted by Gasteiger charge is -2.06. The molecule has 0 aliphatic carbocycles. The third-order valence-electron chi connectivity index (χ3n) is 1.27. The summed E-state index contributed by atoms with van der Waals surface area (Å²) in [6, 6.07) is 5.50. The lowest BCUT2D eigenvalue weighted by atomic mass is 10.3. The highest BCUT2D eigenvalue weighted by molar-refractivity contribution is 14.1. The van der Waals surface area contributed by atoms with Crippen molar-refractivity contribution in [1.82, 2.24) is 0 Å². The van der Waals surface area contributed by atoms with Gasteiger partial charge in [-0.1, -0.05) is 11.6 Å². The monoisotopic (exact) mass is 297 g/mol. The molecule has 0 saturated carbocycles. The van der Waals surface area contributed by atoms with Crippen LogP contribution in [0.5, 0.6) is 5.75 Å². The molecule has 0 unspecified atom stereocenters. The van der Waals surface area contributed by atoms with Gasteiger partial charge in [-0.3, -0.25) is 0 Å². The van der Waals surface area contributed by atoms with E-state index < -0.39 is 0 Å². The van der Waals surface area contributed by atoms with Crippen molar-refractivity contribution in [3.05, 3.63) is 26.8 Å². The molecular formula is C8H9ClINO. The minimum atomic E-state index is 0.526. The molecule has 1 aromatic rings. The van der Waals surface area contributed by atoms with Crippen LogP contribution in [-0.4, -0.2) is 13.2 Å². The van der Waals surface area contributed by atoms with Gasteiger partial charge in [-0.15, -0.1) is 0 Å². The number of benzene rings is 1. The van der Waals surface area contributed by atoms with Crippen LogP contribution < -0.4 is 10.5 Å². The zero-order chi connectivity index (χ0) is 8.97. The van der Waals surface area contributed by atoms with Gasteiger partial charge in [0.15, 0.2) is 0 Å². The zero-order valence-corrected chi connectivity index (χ0v) is 9.30. The summed E-state index contributed by atoms with van der Waals surface area (Å²) in [5, 5.41) is 0.722. The fraction of sp³-hybridized carbons (Fsp3) is 0.250. The number of hydrogen-bond donors (Lipinski definition) is 1. The van der Waals surface area contributed by atoms with Crippen molar-refractivity contribution >= 4 is 34.2 Å². The van der Waals surface area contributed by atoms with Gasteiger partial charge in [-0.05, 0) is 40.8 Å². The van der Waals surface area contributed by atoms with Gasteiger partial charge in [0.25, 0.3) is 0 Å². The Morgan fingerprint density at radius 2 is 2.25 bits per heavy atom. The average molecular weight is 298 g/mol. The van der Waals surface area contributed by atoms with Gasteiger partial charge in [0.05, 0.1) is 3.57 Å². The van der Waals surface area contributed by atoms with Crippen molar-refractivity contribution in [2.45, 2.75) is 0 Å². The van der Waals surface area contributed by atoms with Gasteiger partial charge in [0, 0.05) is 11.6 Å². The maximum atomic E-state index is 5.77. The molecular weight excluding hydrogens is 288 g/mol. The molecule has 0 aromatic heterocycles. The Morgan fingerprint density at radius 1 is 1.50 bits per heavy atom. The van der Waals surface area contributed by atoms with Gasteiger partial charge >= 0.3 is 0 Å². The maximum Gasteiger partial charge on any atom is 0.132 e. The molecule has 2 nitrogen and oxygen atoms in total. The van der Waals surface area contributed by atoms with Crippen LogP contribution in [0.1, 0.15) is 0 Å². The van der Waals surface area contributed by atoms with E-state index in [1.54, 1.807) is 6.07 Å². The molecule has 0 aliphatic heterocycles. The van der Waals surface area contributed by atoms with Crippen LogP contribution in [0.15, 0.2) is 18.2 Å². The predicted octanol–water partition coefficient (Wildman–Crippen LogP) is 2.28. The van der Waals surface area contributed by atoms with Gasteiger partial charge in [-0.2, -0.15) is 0 Å². The Kier molecular flexibility index (Phi) is 4.11. The topological polar surface area (TPSA) is 35.2 Å². The Morgan fingerprint density at radius 3 is 2.83 bits per heavy atom. The molecule has 0 aliphatic rings. The highest BCUT2D eigenvalue weighted by Crippen LogP contribution is 2.23. The molecule has 0 amide bonds. The van der Waals surface area contributed by atoms with E-state index >= 15 is 0 Å². The van der Waals surface area contributed by atoms with Crippen LogP contribution in [0.4, 0.5) is 0 Å². The second-order valence-corrected chi connectivity index (χ2v) is 3.81. The van der Waals surface area contributed by atoms with Gasteiger partial charge in [-0.25, -0.2) is 0 Å². The molecule has 0 saturated heterocycles. The first-order chi connectivity index (χ1) is 5.74. The average Bonchev–Trinajstić information content (AvgIpc) is 2.03. The lowest BCUT2D eigenvalue weighted by Crippen LogP contribution is -2.11. The van der Waals surface area contributed by atoms with Crippen molar-refractivity contribution in [2.75, 3.05) is 13.2 Å². The summed E-state index contributed by atoms with van der Waals surface area (Å²) in [7, 11) is 0. The zero-order valence-electron chi connectivity index (χ0n) is 6.39. The smallest absolute Gasteiger partial charge is 0.132 e. The number of halogens is 2. The van der Waals surface area contributed by atoms with E-state index in [1.807, 2.05) is 12.1 Å². The summed E-state index contributed by atoms with van der Waals surface area (Å²) in [5.74, 6) is 0.838. The van der Waals surface area contributed by atoms with E-state index in [4.69, 9.17) is 22.1 Å². The first kappa shape index (κ1) is 10.1. The Labute approximate surface area is 90.2 Å². The number of hydrogen-bond acceptors (Lipinski definition) is 2. The molecule has 0 bridgehead atoms. The summed E-state index contributed by atoms with van der Waals surface area (Å²) in [6.45, 7) is 1.07. The van der Waals surface area contributed by atoms with Crippen LogP contribution in [0, 0.1) is 3.57 Å². The van der Waals surface area contributed by atoms with E-state index in [0.717, 1.165) is 14.3 Å². The molecule has 0 radical (unpaired) electrons. The van der Waals surface area contributed by atoms with E-state index in [0.29, 0.717) is 13.2 Å². The molecule has 0 atom stereocenters. The summed E-state index contributed by atoms with van der Waals surface area (Å²) >= 11 is 7.94. The largest absolute Gasteiger partial charge is 0.491 e. The Bertz CT molecular complexity index is 267. The molecule has 1 rings (SSSR count). The fourth-order valence-corrected chi connectivity index (χ4v) is 1.79. The van der Waals surface area contributed by atoms with Crippen LogP contribution in [0.25, 0.3) is 0 Å². The minimum absolute atomic E-state index is 0.526. The molecule has 0 fully saturated rings. The number of nitrogens with two attached hydrogens (primary N) is 1. The molecule has 12 heavy (non-hydrogen) atoms. The van der Waals surface area contributed by atoms with Gasteiger partial charge < -0.3 is 10.5 Å². The van der Waals surface area contributed by atoms with Crippen molar-refractivity contribution < 1.29 is 4.74 Å². The van der Waals surface area contributed by atoms with Crippen LogP contribution in [0.3, 0.4) is 0 Å². The summed E-state index contributed by atoms with van der Waals surface area (Å²) in [6.07, 6.45) is 0. The van der Waals surface area contributed by atoms with Crippen molar-refractivity contribution in [3.8, 4) is 5.75 Å². The first-order valence-electron chi connectivity index (χ1n) is 3.52. The maximum absolute atomic E-state index is 5.77. The van der Waals surface area contributed by atoms with Gasteiger partial charge in [0.2, 0.25) is 0 Å². The van der Waals surface area contributed by atoms with E-state index in [-0.39, 0.29) is 0 Å². The number of ether oxygens (including phenoxy) is 1. The quantitative estimate of drug-likeness (QED) is 0.869. The van der Waals surface area contributed by atoms with E-state index in [9.17, 15) is 0 Å².